The van der Waals surface area contributed by atoms with Gasteiger partial charge in [0, 0.05) is 17.2 Å². The fourth-order valence-electron chi connectivity index (χ4n) is 0.823. The van der Waals surface area contributed by atoms with E-state index in [0.29, 0.717) is 14.7 Å². The lowest BCUT2D eigenvalue weighted by atomic mass is 9.98. The van der Waals surface area contributed by atoms with E-state index in [1.807, 2.05) is 22.6 Å². The zero-order valence-corrected chi connectivity index (χ0v) is 8.43. The highest BCUT2D eigenvalue weighted by Crippen LogP contribution is 2.22. The zero-order chi connectivity index (χ0) is 8.59. The summed E-state index contributed by atoms with van der Waals surface area (Å²) in [5.41, 5.74) is 1.14. The minimum Gasteiger partial charge on any atom is -0.290 e. The van der Waals surface area contributed by atoms with Crippen LogP contribution in [0.3, 0.4) is 0 Å². The molecule has 0 unspecified atom stereocenters. The lowest BCUT2D eigenvalue weighted by Crippen LogP contribution is -2.13. The molecule has 0 amide bonds. The van der Waals surface area contributed by atoms with Crippen LogP contribution in [-0.4, -0.2) is 11.6 Å². The van der Waals surface area contributed by atoms with E-state index < -0.39 is 0 Å². The third-order valence-electron chi connectivity index (χ3n) is 1.75. The van der Waals surface area contributed by atoms with Crippen molar-refractivity contribution in [3.63, 3.8) is 0 Å². The van der Waals surface area contributed by atoms with Gasteiger partial charge in [0.15, 0.2) is 11.6 Å². The van der Waals surface area contributed by atoms with Gasteiger partial charge in [-0.05, 0) is 36.4 Å². The van der Waals surface area contributed by atoms with Gasteiger partial charge in [-0.25, -0.2) is 0 Å². The molecule has 0 spiro atoms. The van der Waals surface area contributed by atoms with E-state index in [9.17, 15) is 9.59 Å². The molecule has 1 aliphatic rings. The number of ketones is 2. The van der Waals surface area contributed by atoms with Crippen molar-refractivity contribution in [2.75, 3.05) is 0 Å². The molecule has 0 aromatic heterocycles. The van der Waals surface area contributed by atoms with E-state index in [1.165, 1.54) is 6.08 Å². The highest BCUT2D eigenvalue weighted by Gasteiger charge is 2.20. The minimum atomic E-state index is -0.0495. The first-order valence-corrected chi connectivity index (χ1v) is 4.25. The Morgan fingerprint density at radius 3 is 2.27 bits per heavy atom. The molecule has 1 rings (SSSR count). The van der Waals surface area contributed by atoms with Crippen molar-refractivity contribution in [2.24, 2.45) is 0 Å². The van der Waals surface area contributed by atoms with Gasteiger partial charge >= 0.3 is 0 Å². The number of rotatable bonds is 0. The van der Waals surface area contributed by atoms with Crippen molar-refractivity contribution in [3.05, 3.63) is 20.8 Å². The Balaban J connectivity index is 3.19. The van der Waals surface area contributed by atoms with Gasteiger partial charge in [-0.2, -0.15) is 0 Å². The van der Waals surface area contributed by atoms with Crippen LogP contribution in [0, 0.1) is 0 Å². The summed E-state index contributed by atoms with van der Waals surface area (Å²) in [5, 5.41) is 0. The number of carbonyl (C=O) groups excluding carboxylic acids is 2. The van der Waals surface area contributed by atoms with Gasteiger partial charge < -0.3 is 0 Å². The highest BCUT2D eigenvalue weighted by atomic mass is 127. The Bertz CT molecular complexity index is 297. The van der Waals surface area contributed by atoms with Gasteiger partial charge in [0.05, 0.1) is 3.58 Å². The first kappa shape index (κ1) is 8.64. The van der Waals surface area contributed by atoms with Crippen LogP contribution in [0.5, 0.6) is 0 Å². The van der Waals surface area contributed by atoms with E-state index in [2.05, 4.69) is 0 Å². The molecule has 0 aliphatic heterocycles. The Labute approximate surface area is 78.5 Å². The van der Waals surface area contributed by atoms with Gasteiger partial charge in [-0.1, -0.05) is 0 Å². The first-order valence-electron chi connectivity index (χ1n) is 3.17. The van der Waals surface area contributed by atoms with Crippen LogP contribution in [0.1, 0.15) is 13.8 Å². The van der Waals surface area contributed by atoms with E-state index in [0.717, 1.165) is 0 Å². The second-order valence-corrected chi connectivity index (χ2v) is 3.60. The van der Waals surface area contributed by atoms with Crippen molar-refractivity contribution < 1.29 is 9.59 Å². The van der Waals surface area contributed by atoms with Crippen molar-refractivity contribution in [2.45, 2.75) is 13.8 Å². The summed E-state index contributed by atoms with van der Waals surface area (Å²) in [6, 6.07) is 0. The average Bonchev–Trinajstić information content (AvgIpc) is 1.97. The fourth-order valence-corrected chi connectivity index (χ4v) is 1.51. The maximum Gasteiger partial charge on any atom is 0.195 e. The molecule has 0 radical (unpaired) electrons. The Hall–Kier alpha value is -0.450. The molecule has 0 aromatic carbocycles. The van der Waals surface area contributed by atoms with E-state index in [-0.39, 0.29) is 11.6 Å². The Morgan fingerprint density at radius 1 is 1.18 bits per heavy atom. The van der Waals surface area contributed by atoms with Crippen LogP contribution in [-0.2, 0) is 9.59 Å². The standard InChI is InChI=1S/C8H7IO2/c1-4-5(2)8(11)6(9)3-7(4)10/h3H,1-2H3. The van der Waals surface area contributed by atoms with Crippen LogP contribution in [0.25, 0.3) is 0 Å². The molecule has 0 aromatic rings. The van der Waals surface area contributed by atoms with Crippen LogP contribution in [0.15, 0.2) is 20.8 Å². The van der Waals surface area contributed by atoms with Gasteiger partial charge in [-0.3, -0.25) is 9.59 Å². The molecular formula is C8H7IO2. The molecule has 0 saturated heterocycles. The molecule has 2 nitrogen and oxygen atoms in total. The van der Waals surface area contributed by atoms with Crippen molar-refractivity contribution in [3.8, 4) is 0 Å². The topological polar surface area (TPSA) is 34.1 Å². The molecule has 11 heavy (non-hydrogen) atoms. The monoisotopic (exact) mass is 262 g/mol. The Morgan fingerprint density at radius 2 is 1.73 bits per heavy atom. The average molecular weight is 262 g/mol. The molecule has 0 N–H and O–H groups in total. The number of Topliss-reactive ketones (excluding diaryl/α,β-unsaturated/α-hetero) is 1. The number of hydrogen-bond donors (Lipinski definition) is 0. The predicted molar refractivity (Wildman–Crippen MR) is 50.5 cm³/mol. The second-order valence-electron chi connectivity index (χ2n) is 2.44. The summed E-state index contributed by atoms with van der Waals surface area (Å²) in [4.78, 5) is 22.3. The molecule has 3 heteroatoms. The van der Waals surface area contributed by atoms with Crippen molar-refractivity contribution in [1.82, 2.24) is 0 Å². The largest absolute Gasteiger partial charge is 0.290 e. The minimum absolute atomic E-state index is 0.0253. The summed E-state index contributed by atoms with van der Waals surface area (Å²) in [6.45, 7) is 3.36. The fraction of sp³-hybridized carbons (Fsp3) is 0.250. The zero-order valence-electron chi connectivity index (χ0n) is 6.27. The summed E-state index contributed by atoms with van der Waals surface area (Å²) in [7, 11) is 0. The van der Waals surface area contributed by atoms with Crippen molar-refractivity contribution >= 4 is 34.2 Å². The molecule has 0 heterocycles. The van der Waals surface area contributed by atoms with E-state index in [4.69, 9.17) is 0 Å². The lowest BCUT2D eigenvalue weighted by molar-refractivity contribution is -0.115. The molecule has 0 fully saturated rings. The highest BCUT2D eigenvalue weighted by molar-refractivity contribution is 14.1. The summed E-state index contributed by atoms with van der Waals surface area (Å²) < 4.78 is 0.510. The van der Waals surface area contributed by atoms with E-state index >= 15 is 0 Å². The first-order chi connectivity index (χ1) is 5.04. The van der Waals surface area contributed by atoms with Crippen LogP contribution < -0.4 is 0 Å². The van der Waals surface area contributed by atoms with Crippen LogP contribution in [0.2, 0.25) is 0 Å². The number of allylic oxidation sites excluding steroid dienone is 4. The third-order valence-corrected chi connectivity index (χ3v) is 2.55. The van der Waals surface area contributed by atoms with Gasteiger partial charge in [0.2, 0.25) is 0 Å². The summed E-state index contributed by atoms with van der Waals surface area (Å²) >= 11 is 1.88. The van der Waals surface area contributed by atoms with Crippen molar-refractivity contribution in [1.29, 1.82) is 0 Å². The number of hydrogen-bond acceptors (Lipinski definition) is 2. The summed E-state index contributed by atoms with van der Waals surface area (Å²) in [6.07, 6.45) is 1.38. The number of halogens is 1. The van der Waals surface area contributed by atoms with Gasteiger partial charge in [0.25, 0.3) is 0 Å². The smallest absolute Gasteiger partial charge is 0.195 e. The number of carbonyl (C=O) groups is 2. The quantitative estimate of drug-likeness (QED) is 0.492. The normalized spacial score (nSPS) is 19.0. The second kappa shape index (κ2) is 2.89. The van der Waals surface area contributed by atoms with Gasteiger partial charge in [-0.15, -0.1) is 0 Å². The Kier molecular flexibility index (Phi) is 2.27. The molecule has 0 bridgehead atoms. The van der Waals surface area contributed by atoms with Gasteiger partial charge in [0.1, 0.15) is 0 Å². The van der Waals surface area contributed by atoms with Crippen LogP contribution >= 0.6 is 22.6 Å². The molecule has 58 valence electrons. The molecular weight excluding hydrogens is 255 g/mol. The molecule has 0 saturated carbocycles. The maximum absolute atomic E-state index is 11.2. The predicted octanol–water partition coefficient (Wildman–Crippen LogP) is 1.79. The lowest BCUT2D eigenvalue weighted by Gasteiger charge is -2.08. The third kappa shape index (κ3) is 1.42. The summed E-state index contributed by atoms with van der Waals surface area (Å²) in [5.74, 6) is -0.0748. The SMILES string of the molecule is CC1=C(C)C(=O)C(I)=CC1=O. The maximum atomic E-state index is 11.2. The molecule has 0 atom stereocenters. The van der Waals surface area contributed by atoms with E-state index in [1.54, 1.807) is 13.8 Å². The van der Waals surface area contributed by atoms with Crippen LogP contribution in [0.4, 0.5) is 0 Å². The molecule has 1 aliphatic carbocycles.